The molecule has 2 rings (SSSR count). The largest absolute Gasteiger partial charge is 0.326 e. The molecular formula is C18H23ClN2. The van der Waals surface area contributed by atoms with Gasteiger partial charge in [0.05, 0.1) is 0 Å². The van der Waals surface area contributed by atoms with E-state index < -0.39 is 0 Å². The molecule has 0 bridgehead atoms. The third-order valence-electron chi connectivity index (χ3n) is 3.86. The summed E-state index contributed by atoms with van der Waals surface area (Å²) in [5.41, 5.74) is 8.79. The Morgan fingerprint density at radius 3 is 2.48 bits per heavy atom. The van der Waals surface area contributed by atoms with E-state index in [2.05, 4.69) is 49.2 Å². The molecule has 2 unspecified atom stereocenters. The van der Waals surface area contributed by atoms with Gasteiger partial charge in [0, 0.05) is 23.7 Å². The number of halogens is 1. The number of benzene rings is 2. The summed E-state index contributed by atoms with van der Waals surface area (Å²) >= 11 is 6.06. The predicted molar refractivity (Wildman–Crippen MR) is 90.6 cm³/mol. The molecule has 0 heterocycles. The molecule has 0 aromatic heterocycles. The first-order valence-corrected chi connectivity index (χ1v) is 7.69. The van der Waals surface area contributed by atoms with Crippen molar-refractivity contribution >= 4 is 11.6 Å². The number of hydrogen-bond acceptors (Lipinski definition) is 2. The molecule has 0 amide bonds. The van der Waals surface area contributed by atoms with Gasteiger partial charge >= 0.3 is 0 Å². The van der Waals surface area contributed by atoms with Crippen LogP contribution in [0.2, 0.25) is 5.02 Å². The van der Waals surface area contributed by atoms with Crippen LogP contribution >= 0.6 is 11.6 Å². The van der Waals surface area contributed by atoms with Gasteiger partial charge < -0.3 is 5.73 Å². The maximum atomic E-state index is 6.28. The first-order valence-electron chi connectivity index (χ1n) is 7.31. The number of rotatable bonds is 6. The fourth-order valence-corrected chi connectivity index (χ4v) is 2.73. The lowest BCUT2D eigenvalue weighted by molar-refractivity contribution is 0.244. The average molecular weight is 303 g/mol. The zero-order chi connectivity index (χ0) is 15.2. The number of nitrogens with zero attached hydrogens (tertiary/aromatic N) is 1. The SMILES string of the molecule is CC(c1cccc(Cl)c1)N(C)CC(N)Cc1ccccc1. The van der Waals surface area contributed by atoms with Crippen LogP contribution in [-0.2, 0) is 6.42 Å². The predicted octanol–water partition coefficient (Wildman–Crippen LogP) is 3.90. The standard InChI is InChI=1S/C18H23ClN2/c1-14(16-9-6-10-17(19)12-16)21(2)13-18(20)11-15-7-4-3-5-8-15/h3-10,12,14,18H,11,13,20H2,1-2H3. The minimum atomic E-state index is 0.124. The highest BCUT2D eigenvalue weighted by Gasteiger charge is 2.15. The molecule has 0 spiro atoms. The molecule has 2 N–H and O–H groups in total. The summed E-state index contributed by atoms with van der Waals surface area (Å²) in [4.78, 5) is 2.28. The lowest BCUT2D eigenvalue weighted by Gasteiger charge is -2.28. The normalized spacial score (nSPS) is 14.1. The fraction of sp³-hybridized carbons (Fsp3) is 0.333. The highest BCUT2D eigenvalue weighted by molar-refractivity contribution is 6.30. The van der Waals surface area contributed by atoms with Crippen molar-refractivity contribution in [3.05, 3.63) is 70.7 Å². The maximum absolute atomic E-state index is 6.28. The smallest absolute Gasteiger partial charge is 0.0409 e. The fourth-order valence-electron chi connectivity index (χ4n) is 2.53. The zero-order valence-electron chi connectivity index (χ0n) is 12.7. The van der Waals surface area contributed by atoms with Crippen molar-refractivity contribution in [3.8, 4) is 0 Å². The molecule has 2 aromatic carbocycles. The second-order valence-corrected chi connectivity index (χ2v) is 6.06. The Balaban J connectivity index is 1.92. The van der Waals surface area contributed by atoms with E-state index in [0.29, 0.717) is 6.04 Å². The van der Waals surface area contributed by atoms with Crippen LogP contribution < -0.4 is 5.73 Å². The molecule has 2 atom stereocenters. The minimum Gasteiger partial charge on any atom is -0.326 e. The van der Waals surface area contributed by atoms with Crippen LogP contribution in [0.1, 0.15) is 24.1 Å². The lowest BCUT2D eigenvalue weighted by Crippen LogP contribution is -2.38. The van der Waals surface area contributed by atoms with Crippen LogP contribution in [0.15, 0.2) is 54.6 Å². The highest BCUT2D eigenvalue weighted by Crippen LogP contribution is 2.22. The van der Waals surface area contributed by atoms with Crippen LogP contribution in [0.5, 0.6) is 0 Å². The van der Waals surface area contributed by atoms with E-state index in [0.717, 1.165) is 18.0 Å². The summed E-state index contributed by atoms with van der Waals surface area (Å²) in [7, 11) is 2.11. The maximum Gasteiger partial charge on any atom is 0.0409 e. The van der Waals surface area contributed by atoms with Crippen molar-refractivity contribution < 1.29 is 0 Å². The topological polar surface area (TPSA) is 29.3 Å². The molecule has 112 valence electrons. The molecular weight excluding hydrogens is 280 g/mol. The van der Waals surface area contributed by atoms with Gasteiger partial charge in [-0.25, -0.2) is 0 Å². The Morgan fingerprint density at radius 1 is 1.10 bits per heavy atom. The zero-order valence-corrected chi connectivity index (χ0v) is 13.4. The summed E-state index contributed by atoms with van der Waals surface area (Å²) in [6.07, 6.45) is 0.896. The summed E-state index contributed by atoms with van der Waals surface area (Å²) in [5, 5.41) is 0.779. The van der Waals surface area contributed by atoms with Crippen LogP contribution in [0.25, 0.3) is 0 Å². The molecule has 0 aliphatic heterocycles. The molecule has 0 saturated heterocycles. The van der Waals surface area contributed by atoms with Gasteiger partial charge in [-0.3, -0.25) is 4.90 Å². The van der Waals surface area contributed by atoms with Crippen molar-refractivity contribution in [3.63, 3.8) is 0 Å². The van der Waals surface area contributed by atoms with E-state index in [1.165, 1.54) is 11.1 Å². The molecule has 0 aliphatic carbocycles. The quantitative estimate of drug-likeness (QED) is 0.877. The van der Waals surface area contributed by atoms with E-state index >= 15 is 0 Å². The second kappa shape index (κ2) is 7.60. The third-order valence-corrected chi connectivity index (χ3v) is 4.09. The van der Waals surface area contributed by atoms with Crippen LogP contribution in [0.3, 0.4) is 0 Å². The van der Waals surface area contributed by atoms with Gasteiger partial charge in [0.15, 0.2) is 0 Å². The van der Waals surface area contributed by atoms with E-state index in [9.17, 15) is 0 Å². The van der Waals surface area contributed by atoms with Gasteiger partial charge in [-0.15, -0.1) is 0 Å². The van der Waals surface area contributed by atoms with Gasteiger partial charge in [-0.1, -0.05) is 54.1 Å². The first-order chi connectivity index (χ1) is 10.1. The van der Waals surface area contributed by atoms with E-state index in [4.69, 9.17) is 17.3 Å². The number of nitrogens with two attached hydrogens (primary N) is 1. The molecule has 2 aromatic rings. The molecule has 0 fully saturated rings. The molecule has 0 saturated carbocycles. The summed E-state index contributed by atoms with van der Waals surface area (Å²) in [6, 6.07) is 18.8. The van der Waals surface area contributed by atoms with Gasteiger partial charge in [0.2, 0.25) is 0 Å². The second-order valence-electron chi connectivity index (χ2n) is 5.62. The Bertz CT molecular complexity index is 556. The first kappa shape index (κ1) is 16.0. The summed E-state index contributed by atoms with van der Waals surface area (Å²) in [6.45, 7) is 3.03. The van der Waals surface area contributed by atoms with Gasteiger partial charge in [-0.2, -0.15) is 0 Å². The number of likely N-dealkylation sites (N-methyl/N-ethyl adjacent to an activating group) is 1. The van der Waals surface area contributed by atoms with Crippen LogP contribution in [0, 0.1) is 0 Å². The molecule has 3 heteroatoms. The van der Waals surface area contributed by atoms with Crippen LogP contribution in [0.4, 0.5) is 0 Å². The Hall–Kier alpha value is -1.35. The van der Waals surface area contributed by atoms with E-state index in [1.807, 2.05) is 24.3 Å². The van der Waals surface area contributed by atoms with E-state index in [1.54, 1.807) is 0 Å². The Morgan fingerprint density at radius 2 is 1.81 bits per heavy atom. The van der Waals surface area contributed by atoms with Crippen LogP contribution in [-0.4, -0.2) is 24.5 Å². The molecule has 2 nitrogen and oxygen atoms in total. The Kier molecular flexibility index (Phi) is 5.80. The molecule has 21 heavy (non-hydrogen) atoms. The summed E-state index contributed by atoms with van der Waals surface area (Å²) in [5.74, 6) is 0. The summed E-state index contributed by atoms with van der Waals surface area (Å²) < 4.78 is 0. The third kappa shape index (κ3) is 4.85. The van der Waals surface area contributed by atoms with Crippen molar-refractivity contribution in [1.82, 2.24) is 4.90 Å². The monoisotopic (exact) mass is 302 g/mol. The van der Waals surface area contributed by atoms with Crippen molar-refractivity contribution in [2.24, 2.45) is 5.73 Å². The Labute approximate surface area is 132 Å². The molecule has 0 radical (unpaired) electrons. The van der Waals surface area contributed by atoms with Crippen molar-refractivity contribution in [2.45, 2.75) is 25.4 Å². The lowest BCUT2D eigenvalue weighted by atomic mass is 10.0. The minimum absolute atomic E-state index is 0.124. The highest BCUT2D eigenvalue weighted by atomic mass is 35.5. The van der Waals surface area contributed by atoms with Crippen molar-refractivity contribution in [1.29, 1.82) is 0 Å². The van der Waals surface area contributed by atoms with Gasteiger partial charge in [-0.05, 0) is 43.7 Å². The van der Waals surface area contributed by atoms with E-state index in [-0.39, 0.29) is 6.04 Å². The van der Waals surface area contributed by atoms with Crippen molar-refractivity contribution in [2.75, 3.05) is 13.6 Å². The van der Waals surface area contributed by atoms with Gasteiger partial charge in [0.1, 0.15) is 0 Å². The van der Waals surface area contributed by atoms with Gasteiger partial charge in [0.25, 0.3) is 0 Å². The number of hydrogen-bond donors (Lipinski definition) is 1. The average Bonchev–Trinajstić information content (AvgIpc) is 2.47. The molecule has 0 aliphatic rings.